The highest BCUT2D eigenvalue weighted by Crippen LogP contribution is 2.30. The van der Waals surface area contributed by atoms with Gasteiger partial charge in [0.05, 0.1) is 16.8 Å². The van der Waals surface area contributed by atoms with Crippen LogP contribution in [0.25, 0.3) is 32.9 Å². The monoisotopic (exact) mass is 424 g/mol. The maximum Gasteiger partial charge on any atom is 0.339 e. The zero-order chi connectivity index (χ0) is 21.9. The number of fused-ring (bicyclic) bond motifs is 2. The first-order valence-electron chi connectivity index (χ1n) is 11.0. The summed E-state index contributed by atoms with van der Waals surface area (Å²) >= 11 is 0. The second-order valence-electron chi connectivity index (χ2n) is 8.12. The van der Waals surface area contributed by atoms with E-state index in [2.05, 4.69) is 18.2 Å². The fourth-order valence-corrected chi connectivity index (χ4v) is 4.37. The van der Waals surface area contributed by atoms with E-state index >= 15 is 0 Å². The van der Waals surface area contributed by atoms with Gasteiger partial charge in [-0.15, -0.1) is 0 Å². The van der Waals surface area contributed by atoms with Gasteiger partial charge >= 0.3 is 5.97 Å². The molecular formula is C27H24N2O3. The number of nitrogens with zero attached hydrogens (tertiary/aromatic N) is 2. The third-order valence-electron chi connectivity index (χ3n) is 6.04. The zero-order valence-electron chi connectivity index (χ0n) is 17.8. The summed E-state index contributed by atoms with van der Waals surface area (Å²) in [6, 6.07) is 23.5. The maximum absolute atomic E-state index is 13.1. The molecule has 0 spiro atoms. The van der Waals surface area contributed by atoms with Gasteiger partial charge in [-0.25, -0.2) is 9.78 Å². The summed E-state index contributed by atoms with van der Waals surface area (Å²) in [4.78, 5) is 32.1. The average Bonchev–Trinajstić information content (AvgIpc) is 2.86. The molecule has 3 aromatic carbocycles. The number of rotatable bonds is 4. The van der Waals surface area contributed by atoms with Crippen molar-refractivity contribution in [2.24, 2.45) is 0 Å². The third-order valence-corrected chi connectivity index (χ3v) is 6.04. The summed E-state index contributed by atoms with van der Waals surface area (Å²) in [7, 11) is 0. The lowest BCUT2D eigenvalue weighted by molar-refractivity contribution is -0.135. The molecule has 2 heterocycles. The standard InChI is InChI=1S/C27H24N2O3/c30-26(29-15-6-1-7-16-29)18-32-27(31)23-17-25(28-24-14-5-4-12-22(23)24)21-13-8-10-19-9-2-3-11-20(19)21/h2-5,8-14,17H,1,6-7,15-16,18H2. The van der Waals surface area contributed by atoms with Gasteiger partial charge in [-0.1, -0.05) is 60.7 Å². The lowest BCUT2D eigenvalue weighted by atomic mass is 9.99. The van der Waals surface area contributed by atoms with Crippen LogP contribution in [-0.2, 0) is 9.53 Å². The number of hydrogen-bond donors (Lipinski definition) is 0. The van der Waals surface area contributed by atoms with Gasteiger partial charge in [-0.2, -0.15) is 0 Å². The quantitative estimate of drug-likeness (QED) is 0.421. The summed E-state index contributed by atoms with van der Waals surface area (Å²) < 4.78 is 5.47. The first-order valence-corrected chi connectivity index (χ1v) is 11.0. The van der Waals surface area contributed by atoms with Gasteiger partial charge in [0.15, 0.2) is 6.61 Å². The number of para-hydroxylation sites is 1. The molecule has 1 aromatic heterocycles. The van der Waals surface area contributed by atoms with Crippen molar-refractivity contribution < 1.29 is 14.3 Å². The van der Waals surface area contributed by atoms with Crippen LogP contribution in [0.3, 0.4) is 0 Å². The molecule has 5 heteroatoms. The van der Waals surface area contributed by atoms with Crippen LogP contribution in [0.15, 0.2) is 72.8 Å². The molecular weight excluding hydrogens is 400 g/mol. The topological polar surface area (TPSA) is 59.5 Å². The Balaban J connectivity index is 1.50. The predicted octanol–water partition coefficient (Wildman–Crippen LogP) is 5.22. The van der Waals surface area contributed by atoms with Gasteiger partial charge < -0.3 is 9.64 Å². The summed E-state index contributed by atoms with van der Waals surface area (Å²) in [5.41, 5.74) is 2.79. The lowest BCUT2D eigenvalue weighted by Crippen LogP contribution is -2.38. The van der Waals surface area contributed by atoms with Gasteiger partial charge in [0.1, 0.15) is 0 Å². The van der Waals surface area contributed by atoms with E-state index in [1.807, 2.05) is 48.5 Å². The molecule has 1 saturated heterocycles. The average molecular weight is 425 g/mol. The Morgan fingerprint density at radius 1 is 0.844 bits per heavy atom. The molecule has 1 fully saturated rings. The van der Waals surface area contributed by atoms with E-state index in [4.69, 9.17) is 9.72 Å². The summed E-state index contributed by atoms with van der Waals surface area (Å²) in [5, 5.41) is 2.89. The Labute approximate surface area is 186 Å². The number of benzene rings is 3. The minimum Gasteiger partial charge on any atom is -0.452 e. The number of pyridine rings is 1. The largest absolute Gasteiger partial charge is 0.452 e. The lowest BCUT2D eigenvalue weighted by Gasteiger charge is -2.26. The van der Waals surface area contributed by atoms with Crippen molar-refractivity contribution in [1.29, 1.82) is 0 Å². The fourth-order valence-electron chi connectivity index (χ4n) is 4.37. The van der Waals surface area contributed by atoms with Gasteiger partial charge in [0.25, 0.3) is 5.91 Å². The molecule has 0 radical (unpaired) electrons. The molecule has 0 aliphatic carbocycles. The Morgan fingerprint density at radius 3 is 2.41 bits per heavy atom. The van der Waals surface area contributed by atoms with E-state index in [-0.39, 0.29) is 12.5 Å². The van der Waals surface area contributed by atoms with E-state index in [9.17, 15) is 9.59 Å². The number of likely N-dealkylation sites (tertiary alicyclic amines) is 1. The number of aromatic nitrogens is 1. The third kappa shape index (κ3) is 3.94. The highest BCUT2D eigenvalue weighted by atomic mass is 16.5. The van der Waals surface area contributed by atoms with E-state index in [0.717, 1.165) is 48.7 Å². The molecule has 1 amide bonds. The van der Waals surface area contributed by atoms with Crippen LogP contribution in [0.4, 0.5) is 0 Å². The van der Waals surface area contributed by atoms with Gasteiger partial charge in [-0.3, -0.25) is 4.79 Å². The second kappa shape index (κ2) is 8.79. The molecule has 0 atom stereocenters. The van der Waals surface area contributed by atoms with Crippen molar-refractivity contribution in [3.05, 3.63) is 78.4 Å². The Bertz CT molecular complexity index is 1300. The number of ether oxygens (including phenoxy) is 1. The fraction of sp³-hybridized carbons (Fsp3) is 0.222. The van der Waals surface area contributed by atoms with Gasteiger partial charge in [0.2, 0.25) is 0 Å². The molecule has 5 nitrogen and oxygen atoms in total. The summed E-state index contributed by atoms with van der Waals surface area (Å²) in [6.45, 7) is 1.23. The van der Waals surface area contributed by atoms with Gasteiger partial charge in [0, 0.05) is 24.0 Å². The Kier molecular flexibility index (Phi) is 5.55. The SMILES string of the molecule is O=C(OCC(=O)N1CCCCC1)c1cc(-c2cccc3ccccc23)nc2ccccc12. The molecule has 1 aliphatic rings. The Hall–Kier alpha value is -3.73. The van der Waals surface area contributed by atoms with E-state index < -0.39 is 5.97 Å². The van der Waals surface area contributed by atoms with E-state index in [0.29, 0.717) is 22.2 Å². The van der Waals surface area contributed by atoms with E-state index in [1.54, 1.807) is 11.0 Å². The normalized spacial score (nSPS) is 13.9. The number of carbonyl (C=O) groups excluding carboxylic acids is 2. The summed E-state index contributed by atoms with van der Waals surface area (Å²) in [5.74, 6) is -0.638. The van der Waals surface area contributed by atoms with Crippen molar-refractivity contribution in [3.63, 3.8) is 0 Å². The number of amides is 1. The van der Waals surface area contributed by atoms with Gasteiger partial charge in [-0.05, 0) is 42.2 Å². The first kappa shape index (κ1) is 20.2. The highest BCUT2D eigenvalue weighted by Gasteiger charge is 2.20. The molecule has 0 bridgehead atoms. The molecule has 0 saturated carbocycles. The Morgan fingerprint density at radius 2 is 1.56 bits per heavy atom. The maximum atomic E-state index is 13.1. The van der Waals surface area contributed by atoms with Crippen molar-refractivity contribution in [1.82, 2.24) is 9.88 Å². The molecule has 32 heavy (non-hydrogen) atoms. The van der Waals surface area contributed by atoms with Crippen LogP contribution in [0.1, 0.15) is 29.6 Å². The minimum absolute atomic E-state index is 0.134. The number of hydrogen-bond acceptors (Lipinski definition) is 4. The number of esters is 1. The first-order chi connectivity index (χ1) is 15.7. The van der Waals surface area contributed by atoms with Crippen LogP contribution in [0.5, 0.6) is 0 Å². The highest BCUT2D eigenvalue weighted by molar-refractivity contribution is 6.06. The molecule has 0 N–H and O–H groups in total. The number of carbonyl (C=O) groups is 2. The predicted molar refractivity (Wildman–Crippen MR) is 125 cm³/mol. The van der Waals surface area contributed by atoms with Crippen LogP contribution in [0, 0.1) is 0 Å². The van der Waals surface area contributed by atoms with Crippen molar-refractivity contribution in [2.75, 3.05) is 19.7 Å². The second-order valence-corrected chi connectivity index (χ2v) is 8.12. The molecule has 0 unspecified atom stereocenters. The van der Waals surface area contributed by atoms with Crippen molar-refractivity contribution in [2.45, 2.75) is 19.3 Å². The van der Waals surface area contributed by atoms with Crippen LogP contribution in [0.2, 0.25) is 0 Å². The smallest absolute Gasteiger partial charge is 0.339 e. The molecule has 5 rings (SSSR count). The number of piperidine rings is 1. The molecule has 4 aromatic rings. The zero-order valence-corrected chi connectivity index (χ0v) is 17.8. The van der Waals surface area contributed by atoms with Crippen LogP contribution in [-0.4, -0.2) is 41.5 Å². The van der Waals surface area contributed by atoms with E-state index in [1.165, 1.54) is 0 Å². The van der Waals surface area contributed by atoms with Crippen LogP contribution < -0.4 is 0 Å². The molecule has 160 valence electrons. The summed E-state index contributed by atoms with van der Waals surface area (Å²) in [6.07, 6.45) is 3.15. The molecule has 1 aliphatic heterocycles. The van der Waals surface area contributed by atoms with Crippen molar-refractivity contribution in [3.8, 4) is 11.3 Å². The van der Waals surface area contributed by atoms with Crippen LogP contribution >= 0.6 is 0 Å². The minimum atomic E-state index is -0.504. The van der Waals surface area contributed by atoms with Crippen molar-refractivity contribution >= 4 is 33.6 Å².